The van der Waals surface area contributed by atoms with Gasteiger partial charge in [0.25, 0.3) is 0 Å². The van der Waals surface area contributed by atoms with Crippen molar-refractivity contribution in [2.45, 2.75) is 76.4 Å². The van der Waals surface area contributed by atoms with Crippen molar-refractivity contribution in [1.82, 2.24) is 14.0 Å². The molecule has 2 heterocycles. The maximum Gasteiger partial charge on any atom is 0.237 e. The van der Waals surface area contributed by atoms with Crippen molar-refractivity contribution in [1.29, 1.82) is 5.26 Å². The lowest BCUT2D eigenvalue weighted by Crippen LogP contribution is -2.43. The van der Waals surface area contributed by atoms with Gasteiger partial charge in [-0.15, -0.1) is 4.99 Å². The highest BCUT2D eigenvalue weighted by molar-refractivity contribution is 5.80. The highest BCUT2D eigenvalue weighted by Gasteiger charge is 2.28. The quantitative estimate of drug-likeness (QED) is 0.788. The second kappa shape index (κ2) is 9.48. The Hall–Kier alpha value is -2.59. The second-order valence-electron chi connectivity index (χ2n) is 8.69. The number of nitriles is 1. The molecule has 7 nitrogen and oxygen atoms in total. The number of carbonyl (C=O) groups is 1. The highest BCUT2D eigenvalue weighted by Crippen LogP contribution is 2.29. The van der Waals surface area contributed by atoms with E-state index in [0.29, 0.717) is 5.62 Å². The number of fused-ring (bicyclic) bond motifs is 1. The number of imidazole rings is 1. The Morgan fingerprint density at radius 3 is 2.27 bits per heavy atom. The van der Waals surface area contributed by atoms with Gasteiger partial charge in [0.05, 0.1) is 11.0 Å². The number of nitrogens with zero attached hydrogens (tertiary/aromatic N) is 5. The zero-order chi connectivity index (χ0) is 20.9. The van der Waals surface area contributed by atoms with Crippen LogP contribution in [0.2, 0.25) is 0 Å². The van der Waals surface area contributed by atoms with Gasteiger partial charge in [0.15, 0.2) is 0 Å². The van der Waals surface area contributed by atoms with Crippen molar-refractivity contribution in [3.05, 3.63) is 29.9 Å². The van der Waals surface area contributed by atoms with E-state index in [2.05, 4.69) is 14.5 Å². The monoisotopic (exact) mass is 408 g/mol. The van der Waals surface area contributed by atoms with Gasteiger partial charge < -0.3 is 15.2 Å². The van der Waals surface area contributed by atoms with Crippen molar-refractivity contribution >= 4 is 16.9 Å². The summed E-state index contributed by atoms with van der Waals surface area (Å²) in [5, 5.41) is 9.32. The van der Waals surface area contributed by atoms with E-state index < -0.39 is 5.91 Å². The van der Waals surface area contributed by atoms with Crippen LogP contribution in [-0.4, -0.2) is 39.1 Å². The van der Waals surface area contributed by atoms with Crippen LogP contribution < -0.4 is 11.4 Å². The fourth-order valence-electron chi connectivity index (χ4n) is 5.38. The first kappa shape index (κ1) is 20.7. The van der Waals surface area contributed by atoms with Gasteiger partial charge in [0, 0.05) is 25.2 Å². The van der Waals surface area contributed by atoms with Crippen molar-refractivity contribution in [3.63, 3.8) is 0 Å². The van der Waals surface area contributed by atoms with Gasteiger partial charge in [-0.05, 0) is 37.8 Å². The molecule has 2 aliphatic rings. The summed E-state index contributed by atoms with van der Waals surface area (Å²) in [6.45, 7) is 2.17. The molecule has 2 fully saturated rings. The molecule has 0 unspecified atom stereocenters. The molecule has 0 bridgehead atoms. The van der Waals surface area contributed by atoms with Crippen molar-refractivity contribution in [2.75, 3.05) is 13.1 Å². The minimum Gasteiger partial charge on any atom is -0.368 e. The third-order valence-electron chi connectivity index (χ3n) is 6.81. The first-order valence-corrected chi connectivity index (χ1v) is 11.3. The second-order valence-corrected chi connectivity index (χ2v) is 8.69. The molecule has 0 spiro atoms. The van der Waals surface area contributed by atoms with Crippen LogP contribution in [0.25, 0.3) is 11.0 Å². The Bertz CT molecular complexity index is 981. The predicted octanol–water partition coefficient (Wildman–Crippen LogP) is 3.06. The summed E-state index contributed by atoms with van der Waals surface area (Å²) in [6.07, 6.45) is 13.5. The lowest BCUT2D eigenvalue weighted by molar-refractivity contribution is -0.118. The molecule has 1 amide bonds. The summed E-state index contributed by atoms with van der Waals surface area (Å²) in [6, 6.07) is 8.93. The molecule has 1 aromatic carbocycles. The molecule has 1 aliphatic carbocycles. The van der Waals surface area contributed by atoms with Crippen LogP contribution in [0.1, 0.15) is 63.8 Å². The number of aromatic nitrogens is 2. The van der Waals surface area contributed by atoms with Gasteiger partial charge in [0.1, 0.15) is 6.54 Å². The van der Waals surface area contributed by atoms with Gasteiger partial charge in [0.2, 0.25) is 17.7 Å². The van der Waals surface area contributed by atoms with Crippen LogP contribution in [0.15, 0.2) is 29.3 Å². The van der Waals surface area contributed by atoms with E-state index in [1.807, 2.05) is 30.5 Å². The molecule has 1 saturated heterocycles. The van der Waals surface area contributed by atoms with Crippen LogP contribution in [0, 0.1) is 11.5 Å². The summed E-state index contributed by atoms with van der Waals surface area (Å²) >= 11 is 0. The molecule has 0 atom stereocenters. The van der Waals surface area contributed by atoms with Gasteiger partial charge >= 0.3 is 0 Å². The SMILES string of the molecule is N#C/N=c1\n(CC(N)=O)c2ccccc2n1C1CCN(C2CCCCCCC2)CC1. The third-order valence-corrected chi connectivity index (χ3v) is 6.81. The third kappa shape index (κ3) is 4.29. The largest absolute Gasteiger partial charge is 0.368 e. The number of para-hydroxylation sites is 2. The maximum atomic E-state index is 11.7. The summed E-state index contributed by atoms with van der Waals surface area (Å²) in [4.78, 5) is 18.5. The number of likely N-dealkylation sites (tertiary alicyclic amines) is 1. The molecule has 0 radical (unpaired) electrons. The van der Waals surface area contributed by atoms with Gasteiger partial charge in [-0.2, -0.15) is 5.26 Å². The van der Waals surface area contributed by atoms with Crippen LogP contribution in [0.4, 0.5) is 0 Å². The molecule has 30 heavy (non-hydrogen) atoms. The Morgan fingerprint density at radius 1 is 1.00 bits per heavy atom. The normalized spacial score (nSPS) is 20.7. The number of piperidine rings is 1. The Kier molecular flexibility index (Phi) is 6.53. The van der Waals surface area contributed by atoms with E-state index in [4.69, 9.17) is 5.73 Å². The number of benzene rings is 1. The smallest absolute Gasteiger partial charge is 0.237 e. The van der Waals surface area contributed by atoms with Crippen molar-refractivity contribution in [3.8, 4) is 6.19 Å². The van der Waals surface area contributed by atoms with E-state index in [0.717, 1.165) is 43.0 Å². The van der Waals surface area contributed by atoms with Crippen LogP contribution in [0.5, 0.6) is 0 Å². The van der Waals surface area contributed by atoms with E-state index >= 15 is 0 Å². The summed E-state index contributed by atoms with van der Waals surface area (Å²) < 4.78 is 3.94. The minimum absolute atomic E-state index is 0.0228. The first-order chi connectivity index (χ1) is 14.7. The van der Waals surface area contributed by atoms with Crippen LogP contribution in [0.3, 0.4) is 0 Å². The number of primary amides is 1. The molecular formula is C23H32N6O. The lowest BCUT2D eigenvalue weighted by atomic mass is 9.93. The number of hydrogen-bond acceptors (Lipinski definition) is 4. The number of hydrogen-bond donors (Lipinski definition) is 1. The topological polar surface area (TPSA) is 92.3 Å². The first-order valence-electron chi connectivity index (χ1n) is 11.3. The zero-order valence-electron chi connectivity index (χ0n) is 17.7. The van der Waals surface area contributed by atoms with E-state index in [9.17, 15) is 10.1 Å². The molecule has 2 aromatic rings. The molecule has 1 aromatic heterocycles. The lowest BCUT2D eigenvalue weighted by Gasteiger charge is -2.39. The number of carbonyl (C=O) groups excluding carboxylic acids is 1. The summed E-state index contributed by atoms with van der Waals surface area (Å²) in [5.41, 5.74) is 7.93. The number of amides is 1. The molecule has 1 aliphatic heterocycles. The van der Waals surface area contributed by atoms with Gasteiger partial charge in [-0.1, -0.05) is 44.2 Å². The van der Waals surface area contributed by atoms with Gasteiger partial charge in [-0.25, -0.2) is 0 Å². The standard InChI is InChI=1S/C23H32N6O/c24-17-26-23-28(16-22(25)30)20-10-6-7-11-21(20)29(23)19-12-14-27(15-13-19)18-8-4-2-1-3-5-9-18/h6-7,10-11,18-19H,1-5,8-9,12-16H2,(H2,25,30)/b26-23+. The Morgan fingerprint density at radius 2 is 1.63 bits per heavy atom. The molecule has 2 N–H and O–H groups in total. The Labute approximate surface area is 177 Å². The number of rotatable bonds is 4. The molecule has 4 rings (SSSR count). The Balaban J connectivity index is 1.61. The van der Waals surface area contributed by atoms with E-state index in [1.165, 1.54) is 44.9 Å². The van der Waals surface area contributed by atoms with E-state index in [-0.39, 0.29) is 12.6 Å². The molecule has 1 saturated carbocycles. The average molecular weight is 409 g/mol. The fraction of sp³-hybridized carbons (Fsp3) is 0.609. The van der Waals surface area contributed by atoms with Gasteiger partial charge in [-0.3, -0.25) is 9.36 Å². The molecule has 160 valence electrons. The number of nitrogens with two attached hydrogens (primary N) is 1. The van der Waals surface area contributed by atoms with Crippen LogP contribution in [-0.2, 0) is 11.3 Å². The molecular weight excluding hydrogens is 376 g/mol. The zero-order valence-corrected chi connectivity index (χ0v) is 17.7. The van der Waals surface area contributed by atoms with Crippen molar-refractivity contribution < 1.29 is 4.79 Å². The minimum atomic E-state index is -0.434. The highest BCUT2D eigenvalue weighted by atomic mass is 16.1. The molecule has 7 heteroatoms. The average Bonchev–Trinajstić information content (AvgIpc) is 3.01. The summed E-state index contributed by atoms with van der Waals surface area (Å²) in [7, 11) is 0. The predicted molar refractivity (Wildman–Crippen MR) is 116 cm³/mol. The van der Waals surface area contributed by atoms with E-state index in [1.54, 1.807) is 4.57 Å². The van der Waals surface area contributed by atoms with Crippen molar-refractivity contribution in [2.24, 2.45) is 10.7 Å². The maximum absolute atomic E-state index is 11.7. The fourth-order valence-corrected chi connectivity index (χ4v) is 5.38. The van der Waals surface area contributed by atoms with Crippen LogP contribution >= 0.6 is 0 Å². The summed E-state index contributed by atoms with van der Waals surface area (Å²) in [5.74, 6) is -0.434.